The molecule has 2 aliphatic carbocycles. The van der Waals surface area contributed by atoms with Crippen LogP contribution in [-0.2, 0) is 11.2 Å². The van der Waals surface area contributed by atoms with Gasteiger partial charge in [0.1, 0.15) is 0 Å². The van der Waals surface area contributed by atoms with Gasteiger partial charge in [-0.2, -0.15) is 0 Å². The lowest BCUT2D eigenvalue weighted by atomic mass is 10.0. The minimum absolute atomic E-state index is 0.124. The van der Waals surface area contributed by atoms with Crippen LogP contribution in [0.1, 0.15) is 31.2 Å². The zero-order valence-corrected chi connectivity index (χ0v) is 11.2. The molecule has 96 valence electrons. The van der Waals surface area contributed by atoms with Crippen LogP contribution in [0.3, 0.4) is 0 Å². The topological polar surface area (TPSA) is 37.3 Å². The molecule has 2 fully saturated rings. The number of hydrogen-bond donors (Lipinski definition) is 1. The molecule has 0 spiro atoms. The van der Waals surface area contributed by atoms with Gasteiger partial charge in [0.05, 0.1) is 6.42 Å². The normalized spacial score (nSPS) is 29.7. The van der Waals surface area contributed by atoms with Gasteiger partial charge in [0.2, 0.25) is 0 Å². The highest BCUT2D eigenvalue weighted by Crippen LogP contribution is 2.50. The van der Waals surface area contributed by atoms with Crippen molar-refractivity contribution < 1.29 is 9.90 Å². The van der Waals surface area contributed by atoms with Gasteiger partial charge >= 0.3 is 5.97 Å². The van der Waals surface area contributed by atoms with Crippen LogP contribution in [0.5, 0.6) is 0 Å². The number of carbonyl (C=O) groups is 1. The van der Waals surface area contributed by atoms with Crippen LogP contribution in [0, 0.1) is 11.8 Å². The smallest absolute Gasteiger partial charge is 0.307 e. The first kappa shape index (κ1) is 12.1. The molecule has 0 aromatic heterocycles. The summed E-state index contributed by atoms with van der Waals surface area (Å²) in [6.45, 7) is 0. The SMILES string of the molecule is O=C(O)Cc1ccc(SC2CC3CCC2C3)cc1. The first-order valence-corrected chi connectivity index (χ1v) is 7.56. The second-order valence-corrected chi connectivity index (χ2v) is 6.86. The minimum atomic E-state index is -0.761. The van der Waals surface area contributed by atoms with Crippen molar-refractivity contribution in [2.24, 2.45) is 11.8 Å². The van der Waals surface area contributed by atoms with Crippen molar-refractivity contribution in [3.05, 3.63) is 29.8 Å². The summed E-state index contributed by atoms with van der Waals surface area (Å²) < 4.78 is 0. The van der Waals surface area contributed by atoms with Crippen molar-refractivity contribution in [2.45, 2.75) is 42.2 Å². The summed E-state index contributed by atoms with van der Waals surface area (Å²) >= 11 is 1.99. The molecule has 3 atom stereocenters. The standard InChI is InChI=1S/C15H18O2S/c16-15(17)9-10-2-5-13(6-3-10)18-14-8-11-1-4-12(14)7-11/h2-3,5-6,11-12,14H,1,4,7-9H2,(H,16,17). The second-order valence-electron chi connectivity index (χ2n) is 5.55. The van der Waals surface area contributed by atoms with E-state index in [2.05, 4.69) is 12.1 Å². The number of carboxylic acid groups (broad SMARTS) is 1. The second kappa shape index (κ2) is 4.96. The molecule has 2 saturated carbocycles. The third-order valence-electron chi connectivity index (χ3n) is 4.24. The summed E-state index contributed by atoms with van der Waals surface area (Å²) in [6, 6.07) is 8.05. The number of benzene rings is 1. The number of fused-ring (bicyclic) bond motifs is 2. The molecule has 3 heteroatoms. The van der Waals surface area contributed by atoms with Crippen LogP contribution in [-0.4, -0.2) is 16.3 Å². The Morgan fingerprint density at radius 2 is 2.00 bits per heavy atom. The molecular formula is C15H18O2S. The Morgan fingerprint density at radius 3 is 2.56 bits per heavy atom. The van der Waals surface area contributed by atoms with Crippen LogP contribution in [0.25, 0.3) is 0 Å². The predicted molar refractivity (Wildman–Crippen MR) is 72.9 cm³/mol. The molecule has 0 saturated heterocycles. The van der Waals surface area contributed by atoms with E-state index in [1.54, 1.807) is 0 Å². The van der Waals surface area contributed by atoms with Crippen molar-refractivity contribution in [1.29, 1.82) is 0 Å². The van der Waals surface area contributed by atoms with E-state index < -0.39 is 5.97 Å². The lowest BCUT2D eigenvalue weighted by Crippen LogP contribution is -2.12. The van der Waals surface area contributed by atoms with Crippen LogP contribution >= 0.6 is 11.8 Å². The summed E-state index contributed by atoms with van der Waals surface area (Å²) in [4.78, 5) is 11.9. The molecule has 0 heterocycles. The van der Waals surface area contributed by atoms with E-state index in [4.69, 9.17) is 5.11 Å². The van der Waals surface area contributed by atoms with Crippen molar-refractivity contribution in [1.82, 2.24) is 0 Å². The maximum absolute atomic E-state index is 10.6. The van der Waals surface area contributed by atoms with Crippen molar-refractivity contribution >= 4 is 17.7 Å². The highest BCUT2D eigenvalue weighted by Gasteiger charge is 2.39. The monoisotopic (exact) mass is 262 g/mol. The van der Waals surface area contributed by atoms with Crippen LogP contribution in [0.15, 0.2) is 29.2 Å². The van der Waals surface area contributed by atoms with E-state index in [-0.39, 0.29) is 6.42 Å². The Hall–Kier alpha value is -0.960. The average molecular weight is 262 g/mol. The fraction of sp³-hybridized carbons (Fsp3) is 0.533. The van der Waals surface area contributed by atoms with Crippen LogP contribution in [0.4, 0.5) is 0 Å². The molecule has 1 aromatic carbocycles. The first-order valence-electron chi connectivity index (χ1n) is 6.68. The number of thioether (sulfide) groups is 1. The highest BCUT2D eigenvalue weighted by molar-refractivity contribution is 8.00. The molecule has 1 N–H and O–H groups in total. The van der Waals surface area contributed by atoms with Crippen LogP contribution < -0.4 is 0 Å². The third-order valence-corrected chi connectivity index (χ3v) is 5.66. The van der Waals surface area contributed by atoms with Crippen LogP contribution in [0.2, 0.25) is 0 Å². The van der Waals surface area contributed by atoms with Gasteiger partial charge in [-0.15, -0.1) is 11.8 Å². The fourth-order valence-electron chi connectivity index (χ4n) is 3.37. The molecular weight excluding hydrogens is 244 g/mol. The van der Waals surface area contributed by atoms with Gasteiger partial charge in [0.15, 0.2) is 0 Å². The summed E-state index contributed by atoms with van der Waals surface area (Å²) in [6.07, 6.45) is 5.80. The van der Waals surface area contributed by atoms with E-state index in [0.717, 1.165) is 22.6 Å². The lowest BCUT2D eigenvalue weighted by molar-refractivity contribution is -0.136. The summed E-state index contributed by atoms with van der Waals surface area (Å²) in [5.74, 6) is 1.15. The molecule has 2 bridgehead atoms. The average Bonchev–Trinajstić information content (AvgIpc) is 2.93. The van der Waals surface area contributed by atoms with E-state index in [9.17, 15) is 4.79 Å². The van der Waals surface area contributed by atoms with Gasteiger partial charge in [0.25, 0.3) is 0 Å². The largest absolute Gasteiger partial charge is 0.481 e. The summed E-state index contributed by atoms with van der Waals surface area (Å²) in [7, 11) is 0. The van der Waals surface area contributed by atoms with Gasteiger partial charge in [-0.25, -0.2) is 0 Å². The van der Waals surface area contributed by atoms with E-state index in [1.807, 2.05) is 23.9 Å². The first-order chi connectivity index (χ1) is 8.70. The number of carboxylic acids is 1. The Morgan fingerprint density at radius 1 is 1.22 bits per heavy atom. The van der Waals surface area contributed by atoms with Crippen molar-refractivity contribution in [3.63, 3.8) is 0 Å². The quantitative estimate of drug-likeness (QED) is 0.901. The van der Waals surface area contributed by atoms with E-state index in [0.29, 0.717) is 0 Å². The van der Waals surface area contributed by atoms with E-state index in [1.165, 1.54) is 30.6 Å². The number of hydrogen-bond acceptors (Lipinski definition) is 2. The Balaban J connectivity index is 1.61. The summed E-state index contributed by atoms with van der Waals surface area (Å²) in [5.41, 5.74) is 0.889. The van der Waals surface area contributed by atoms with Gasteiger partial charge in [-0.1, -0.05) is 18.6 Å². The molecule has 2 aliphatic rings. The molecule has 2 nitrogen and oxygen atoms in total. The van der Waals surface area contributed by atoms with Gasteiger partial charge in [-0.05, 0) is 48.8 Å². The minimum Gasteiger partial charge on any atom is -0.481 e. The van der Waals surface area contributed by atoms with E-state index >= 15 is 0 Å². The summed E-state index contributed by atoms with van der Waals surface area (Å²) in [5, 5.41) is 9.53. The van der Waals surface area contributed by atoms with Gasteiger partial charge in [-0.3, -0.25) is 4.79 Å². The molecule has 0 aliphatic heterocycles. The molecule has 0 amide bonds. The number of rotatable bonds is 4. The molecule has 3 rings (SSSR count). The maximum atomic E-state index is 10.6. The number of aliphatic carboxylic acids is 1. The molecule has 3 unspecified atom stereocenters. The van der Waals surface area contributed by atoms with Gasteiger partial charge in [0, 0.05) is 10.1 Å². The zero-order chi connectivity index (χ0) is 12.5. The fourth-order valence-corrected chi connectivity index (χ4v) is 4.82. The van der Waals surface area contributed by atoms with Crippen molar-refractivity contribution in [3.8, 4) is 0 Å². The Labute approximate surface area is 112 Å². The predicted octanol–water partition coefficient (Wildman–Crippen LogP) is 3.59. The highest BCUT2D eigenvalue weighted by atomic mass is 32.2. The molecule has 0 radical (unpaired) electrons. The third kappa shape index (κ3) is 2.56. The molecule has 18 heavy (non-hydrogen) atoms. The lowest BCUT2D eigenvalue weighted by Gasteiger charge is -2.20. The van der Waals surface area contributed by atoms with Gasteiger partial charge < -0.3 is 5.11 Å². The Kier molecular flexibility index (Phi) is 3.33. The Bertz CT molecular complexity index is 440. The zero-order valence-electron chi connectivity index (χ0n) is 10.3. The maximum Gasteiger partial charge on any atom is 0.307 e. The molecule has 1 aromatic rings. The van der Waals surface area contributed by atoms with Crippen molar-refractivity contribution in [2.75, 3.05) is 0 Å².